The van der Waals surface area contributed by atoms with Gasteiger partial charge in [-0.15, -0.1) is 0 Å². The van der Waals surface area contributed by atoms with Crippen molar-refractivity contribution >= 4 is 28.7 Å². The molecule has 9 heteroatoms. The third-order valence-corrected chi connectivity index (χ3v) is 3.74. The Hall–Kier alpha value is -1.42. The van der Waals surface area contributed by atoms with E-state index in [2.05, 4.69) is 15.0 Å². The molecule has 8 nitrogen and oxygen atoms in total. The van der Waals surface area contributed by atoms with E-state index in [1.54, 1.807) is 0 Å². The number of rotatable bonds is 3. The molecule has 1 fully saturated rings. The molecule has 0 radical (unpaired) electrons. The Bertz CT molecular complexity index is 712. The quantitative estimate of drug-likeness (QED) is 0.687. The second-order valence-corrected chi connectivity index (χ2v) is 5.06. The van der Waals surface area contributed by atoms with Gasteiger partial charge in [0.25, 0.3) is 0 Å². The van der Waals surface area contributed by atoms with Crippen molar-refractivity contribution in [3.63, 3.8) is 0 Å². The predicted octanol–water partition coefficient (Wildman–Crippen LogP) is -0.609. The van der Waals surface area contributed by atoms with Gasteiger partial charge >= 0.3 is 0 Å². The van der Waals surface area contributed by atoms with Gasteiger partial charge in [0.2, 0.25) is 0 Å². The number of nitrogens with zero attached hydrogens (tertiary/aromatic N) is 4. The van der Waals surface area contributed by atoms with Crippen LogP contribution < -0.4 is 5.73 Å². The molecule has 2 aromatic rings. The van der Waals surface area contributed by atoms with Crippen LogP contribution in [0.1, 0.15) is 10.3 Å². The Morgan fingerprint density at radius 3 is 3.10 bits per heavy atom. The Morgan fingerprint density at radius 2 is 2.30 bits per heavy atom. The minimum Gasteiger partial charge on any atom is -0.387 e. The Kier molecular flexibility index (Phi) is 2.67. The van der Waals surface area contributed by atoms with Crippen molar-refractivity contribution in [2.45, 2.75) is 24.5 Å². The molecule has 1 saturated heterocycles. The van der Waals surface area contributed by atoms with E-state index in [1.165, 1.54) is 17.2 Å². The number of thioether (sulfide) groups is 1. The van der Waals surface area contributed by atoms with Gasteiger partial charge in [0, 0.05) is 9.87 Å². The first-order chi connectivity index (χ1) is 10.8. The van der Waals surface area contributed by atoms with Gasteiger partial charge < -0.3 is 20.7 Å². The highest BCUT2D eigenvalue weighted by Gasteiger charge is 2.43. The number of nitrogens with two attached hydrogens (primary N) is 1. The third-order valence-electron chi connectivity index (χ3n) is 3.25. The summed E-state index contributed by atoms with van der Waals surface area (Å²) >= 11 is 0.675. The zero-order chi connectivity index (χ0) is 16.8. The minimum atomic E-state index is -2.20. The lowest BCUT2D eigenvalue weighted by molar-refractivity contribution is -0.0288. The van der Waals surface area contributed by atoms with Crippen LogP contribution in [0, 0.1) is 0 Å². The maximum Gasteiger partial charge on any atom is 0.167 e. The highest BCUT2D eigenvalue weighted by atomic mass is 32.2. The largest absolute Gasteiger partial charge is 0.387 e. The number of ether oxygens (including phenoxy) is 1. The van der Waals surface area contributed by atoms with E-state index < -0.39 is 30.7 Å². The van der Waals surface area contributed by atoms with Gasteiger partial charge in [-0.05, 0) is 6.18 Å². The van der Waals surface area contributed by atoms with E-state index in [9.17, 15) is 10.2 Å². The van der Waals surface area contributed by atoms with Crippen LogP contribution in [-0.4, -0.2) is 60.0 Å². The fraction of sp³-hybridized carbons (Fsp3) is 0.545. The fourth-order valence-corrected chi connectivity index (χ4v) is 2.68. The SMILES string of the molecule is [2H]C([2H])([2H])SC[C@H]1O[C@@H](n2cnc3c(N)ncnc32)[C@H](O)[C@@H]1O. The Labute approximate surface area is 123 Å². The van der Waals surface area contributed by atoms with Crippen LogP contribution in [-0.2, 0) is 4.74 Å². The van der Waals surface area contributed by atoms with Crippen molar-refractivity contribution in [3.8, 4) is 0 Å². The number of hydrogen-bond donors (Lipinski definition) is 3. The van der Waals surface area contributed by atoms with Crippen LogP contribution in [0.15, 0.2) is 12.7 Å². The number of fused-ring (bicyclic) bond motifs is 1. The monoisotopic (exact) mass is 300 g/mol. The Morgan fingerprint density at radius 1 is 1.45 bits per heavy atom. The van der Waals surface area contributed by atoms with Crippen molar-refractivity contribution in [3.05, 3.63) is 12.7 Å². The maximum absolute atomic E-state index is 10.2. The lowest BCUT2D eigenvalue weighted by Gasteiger charge is -2.16. The average molecular weight is 300 g/mol. The average Bonchev–Trinajstić information content (AvgIpc) is 3.01. The molecule has 0 bridgehead atoms. The molecule has 3 heterocycles. The van der Waals surface area contributed by atoms with Crippen molar-refractivity contribution in [1.82, 2.24) is 19.5 Å². The summed E-state index contributed by atoms with van der Waals surface area (Å²) in [5, 5.41) is 20.3. The minimum absolute atomic E-state index is 0.0228. The van der Waals surface area contributed by atoms with Crippen LogP contribution in [0.25, 0.3) is 11.2 Å². The van der Waals surface area contributed by atoms with E-state index in [4.69, 9.17) is 14.6 Å². The molecule has 1 aliphatic heterocycles. The summed E-state index contributed by atoms with van der Waals surface area (Å²) in [4.78, 5) is 12.0. The number of anilines is 1. The Balaban J connectivity index is 1.84. The summed E-state index contributed by atoms with van der Waals surface area (Å²) in [6.07, 6.45) is -3.78. The van der Waals surface area contributed by atoms with E-state index in [1.807, 2.05) is 0 Å². The molecule has 0 amide bonds. The number of aromatic nitrogens is 4. The molecular formula is C11H15N5O3S. The first-order valence-corrected chi connectivity index (χ1v) is 6.85. The topological polar surface area (TPSA) is 119 Å². The fourth-order valence-electron chi connectivity index (χ4n) is 2.24. The van der Waals surface area contributed by atoms with Crippen molar-refractivity contribution in [2.24, 2.45) is 0 Å². The van der Waals surface area contributed by atoms with Gasteiger partial charge in [-0.25, -0.2) is 15.0 Å². The van der Waals surface area contributed by atoms with Gasteiger partial charge in [-0.3, -0.25) is 4.57 Å². The zero-order valence-corrected chi connectivity index (χ0v) is 11.1. The standard InChI is InChI=1S/C11H15N5O3S/c1-20-2-5-7(17)8(18)11(19-5)16-4-15-6-9(12)13-3-14-10(6)16/h3-5,7-8,11,17-18H,2H2,1H3,(H2,12,13,14)/t5-,7-,8-,11-/m1/s1/i1D3. The summed E-state index contributed by atoms with van der Waals surface area (Å²) in [6, 6.07) is 0. The van der Waals surface area contributed by atoms with Crippen LogP contribution in [0.5, 0.6) is 0 Å². The van der Waals surface area contributed by atoms with Crippen LogP contribution in [0.2, 0.25) is 0 Å². The number of aliphatic hydroxyl groups excluding tert-OH is 2. The van der Waals surface area contributed by atoms with Crippen molar-refractivity contribution in [1.29, 1.82) is 0 Å². The molecule has 0 aliphatic carbocycles. The second-order valence-electron chi connectivity index (χ2n) is 4.44. The van der Waals surface area contributed by atoms with Gasteiger partial charge in [0.1, 0.15) is 24.1 Å². The number of hydrogen-bond acceptors (Lipinski definition) is 8. The predicted molar refractivity (Wildman–Crippen MR) is 74.0 cm³/mol. The normalized spacial score (nSPS) is 33.0. The van der Waals surface area contributed by atoms with Crippen LogP contribution >= 0.6 is 11.8 Å². The van der Waals surface area contributed by atoms with Gasteiger partial charge in [0.05, 0.1) is 12.4 Å². The zero-order valence-electron chi connectivity index (χ0n) is 13.2. The highest BCUT2D eigenvalue weighted by Crippen LogP contribution is 2.32. The number of aliphatic hydroxyl groups is 2. The molecule has 0 aromatic carbocycles. The molecule has 4 N–H and O–H groups in total. The number of nitrogen functional groups attached to an aromatic ring is 1. The smallest absolute Gasteiger partial charge is 0.167 e. The van der Waals surface area contributed by atoms with E-state index in [0.29, 0.717) is 22.9 Å². The van der Waals surface area contributed by atoms with Crippen LogP contribution in [0.4, 0.5) is 5.82 Å². The van der Waals surface area contributed by atoms with Crippen LogP contribution in [0.3, 0.4) is 0 Å². The van der Waals surface area contributed by atoms with Crippen molar-refractivity contribution < 1.29 is 19.1 Å². The molecule has 20 heavy (non-hydrogen) atoms. The van der Waals surface area contributed by atoms with E-state index in [0.717, 1.165) is 0 Å². The van der Waals surface area contributed by atoms with Gasteiger partial charge in [-0.2, -0.15) is 11.8 Å². The molecule has 3 rings (SSSR count). The maximum atomic E-state index is 10.2. The lowest BCUT2D eigenvalue weighted by Crippen LogP contribution is -2.32. The van der Waals surface area contributed by atoms with Gasteiger partial charge in [-0.1, -0.05) is 0 Å². The van der Waals surface area contributed by atoms with E-state index >= 15 is 0 Å². The second kappa shape index (κ2) is 5.17. The number of imidazole rings is 1. The molecule has 2 aromatic heterocycles. The molecule has 108 valence electrons. The van der Waals surface area contributed by atoms with Gasteiger partial charge in [0.15, 0.2) is 17.7 Å². The summed E-state index contributed by atoms with van der Waals surface area (Å²) in [6.45, 7) is 0. The summed E-state index contributed by atoms with van der Waals surface area (Å²) in [5.74, 6) is 0.214. The van der Waals surface area contributed by atoms with E-state index in [-0.39, 0.29) is 11.6 Å². The lowest BCUT2D eigenvalue weighted by atomic mass is 10.1. The molecule has 0 saturated carbocycles. The molecule has 1 aliphatic rings. The summed E-state index contributed by atoms with van der Waals surface area (Å²) in [7, 11) is 0. The highest BCUT2D eigenvalue weighted by molar-refractivity contribution is 7.98. The molecule has 4 atom stereocenters. The summed E-state index contributed by atoms with van der Waals surface area (Å²) < 4.78 is 28.6. The first-order valence-electron chi connectivity index (χ1n) is 7.36. The molecular weight excluding hydrogens is 282 g/mol. The molecule has 0 unspecified atom stereocenters. The first kappa shape index (κ1) is 10.3. The summed E-state index contributed by atoms with van der Waals surface area (Å²) in [5.41, 5.74) is 6.43. The third kappa shape index (κ3) is 2.03. The van der Waals surface area contributed by atoms with Crippen molar-refractivity contribution in [2.75, 3.05) is 17.7 Å². The molecule has 0 spiro atoms.